The molecule has 0 bridgehead atoms. The Kier molecular flexibility index (Phi) is 1.46. The van der Waals surface area contributed by atoms with E-state index >= 15 is 0 Å². The molecule has 8 heavy (non-hydrogen) atoms. The largest absolute Gasteiger partial charge is 0.385 e. The Labute approximate surface area is 47.8 Å². The molecule has 1 aliphatic carbocycles. The number of rotatable bonds is 0. The second kappa shape index (κ2) is 2.11. The summed E-state index contributed by atoms with van der Waals surface area (Å²) in [6.45, 7) is 0. The highest BCUT2D eigenvalue weighted by Crippen LogP contribution is 2.01. The summed E-state index contributed by atoms with van der Waals surface area (Å²) in [5, 5.41) is 19.1. The van der Waals surface area contributed by atoms with Crippen LogP contribution in [0, 0.1) is 0 Å². The summed E-state index contributed by atoms with van der Waals surface area (Å²) < 4.78 is 0. The average Bonchev–Trinajstić information content (AvgIpc) is 1.77. The summed E-state index contributed by atoms with van der Waals surface area (Å²) >= 11 is 0. The minimum Gasteiger partial charge on any atom is -0.385 e. The topological polar surface area (TPSA) is 40.1 Å². The number of hydrogen-bond acceptors (Lipinski definition) is 1. The molecule has 0 amide bonds. The molecule has 0 spiro atoms. The smallest absolute Gasteiger partial charge is 0.129 e. The molecule has 0 aromatic heterocycles. The number of hydrogen-bond donors (Lipinski definition) is 1. The molecule has 0 heterocycles. The fourth-order valence-corrected chi connectivity index (χ4v) is 0.575. The van der Waals surface area contributed by atoms with Crippen molar-refractivity contribution in [1.29, 1.82) is 0 Å². The number of aliphatic hydroxyl groups excluding tert-OH is 1. The average molecular weight is 111 g/mol. The molecule has 1 N–H and O–H groups in total. The Morgan fingerprint density at radius 3 is 2.00 bits per heavy atom. The van der Waals surface area contributed by atoms with Gasteiger partial charge in [-0.3, -0.25) is 0 Å². The first-order chi connectivity index (χ1) is 3.79. The van der Waals surface area contributed by atoms with Gasteiger partial charge in [-0.2, -0.15) is 0 Å². The Hall–Kier alpha value is -0.600. The molecule has 0 saturated carbocycles. The van der Waals surface area contributed by atoms with Crippen LogP contribution >= 0.6 is 0 Å². The molecule has 0 saturated heterocycles. The highest BCUT2D eigenvalue weighted by atomic mass is 16.3. The maximum atomic E-state index is 10.4. The first-order valence-electron chi connectivity index (χ1n) is 2.49. The normalized spacial score (nSPS) is 35.8. The van der Waals surface area contributed by atoms with E-state index in [0.717, 1.165) is 0 Å². The molecule has 2 heteroatoms. The van der Waals surface area contributed by atoms with Crippen molar-refractivity contribution in [2.45, 2.75) is 12.2 Å². The van der Waals surface area contributed by atoms with E-state index in [-0.39, 0.29) is 0 Å². The van der Waals surface area contributed by atoms with E-state index in [2.05, 4.69) is 0 Å². The first-order valence-corrected chi connectivity index (χ1v) is 2.49. The molecule has 2 nitrogen and oxygen atoms in total. The summed E-state index contributed by atoms with van der Waals surface area (Å²) in [6.07, 6.45) is 4.54. The van der Waals surface area contributed by atoms with Crippen LogP contribution in [0.4, 0.5) is 0 Å². The van der Waals surface area contributed by atoms with Crippen LogP contribution < -0.4 is 0 Å². The van der Waals surface area contributed by atoms with Crippen LogP contribution in [0.1, 0.15) is 0 Å². The lowest BCUT2D eigenvalue weighted by Gasteiger charge is -2.04. The molecule has 1 rings (SSSR count). The molecule has 43 valence electrons. The van der Waals surface area contributed by atoms with Crippen LogP contribution in [0.5, 0.6) is 0 Å². The standard InChI is InChI=1S/C6H7O2/c7-5-1-2-6(8)4-3-5/h1-7H. The minimum absolute atomic E-state index is 0.541. The predicted molar refractivity (Wildman–Crippen MR) is 28.8 cm³/mol. The van der Waals surface area contributed by atoms with Crippen LogP contribution in [-0.4, -0.2) is 17.3 Å². The minimum atomic E-state index is -0.751. The summed E-state index contributed by atoms with van der Waals surface area (Å²) in [5.41, 5.74) is 0. The Morgan fingerprint density at radius 1 is 1.12 bits per heavy atom. The van der Waals surface area contributed by atoms with Gasteiger partial charge in [0, 0.05) is 0 Å². The van der Waals surface area contributed by atoms with E-state index in [1.807, 2.05) is 0 Å². The molecule has 0 aliphatic heterocycles. The van der Waals surface area contributed by atoms with Gasteiger partial charge in [-0.1, -0.05) is 12.2 Å². The van der Waals surface area contributed by atoms with Crippen LogP contribution in [0.3, 0.4) is 0 Å². The second-order valence-electron chi connectivity index (χ2n) is 1.73. The molecule has 0 fully saturated rings. The van der Waals surface area contributed by atoms with Crippen LogP contribution in [-0.2, 0) is 5.11 Å². The van der Waals surface area contributed by atoms with Crippen molar-refractivity contribution in [3.05, 3.63) is 24.3 Å². The summed E-state index contributed by atoms with van der Waals surface area (Å²) in [5.74, 6) is 0. The molecule has 0 aromatic carbocycles. The van der Waals surface area contributed by atoms with Crippen molar-refractivity contribution in [2.75, 3.05) is 0 Å². The van der Waals surface area contributed by atoms with E-state index in [0.29, 0.717) is 0 Å². The fourth-order valence-electron chi connectivity index (χ4n) is 0.575. The van der Waals surface area contributed by atoms with Gasteiger partial charge in [0.2, 0.25) is 0 Å². The van der Waals surface area contributed by atoms with Crippen molar-refractivity contribution < 1.29 is 10.2 Å². The highest BCUT2D eigenvalue weighted by molar-refractivity contribution is 5.14. The Balaban J connectivity index is 2.54. The molecule has 0 aromatic rings. The van der Waals surface area contributed by atoms with E-state index in [9.17, 15) is 5.11 Å². The summed E-state index contributed by atoms with van der Waals surface area (Å²) in [6, 6.07) is 0. The second-order valence-corrected chi connectivity index (χ2v) is 1.73. The van der Waals surface area contributed by atoms with E-state index < -0.39 is 12.2 Å². The van der Waals surface area contributed by atoms with E-state index in [4.69, 9.17) is 5.11 Å². The van der Waals surface area contributed by atoms with Crippen molar-refractivity contribution in [2.24, 2.45) is 0 Å². The third-order valence-electron chi connectivity index (χ3n) is 0.996. The van der Waals surface area contributed by atoms with Gasteiger partial charge in [0.15, 0.2) is 0 Å². The third-order valence-corrected chi connectivity index (χ3v) is 0.996. The summed E-state index contributed by atoms with van der Waals surface area (Å²) in [7, 11) is 0. The van der Waals surface area contributed by atoms with Gasteiger partial charge < -0.3 is 5.11 Å². The van der Waals surface area contributed by atoms with Crippen LogP contribution in [0.2, 0.25) is 0 Å². The van der Waals surface area contributed by atoms with E-state index in [1.165, 1.54) is 24.3 Å². The maximum Gasteiger partial charge on any atom is 0.129 e. The first kappa shape index (κ1) is 5.54. The van der Waals surface area contributed by atoms with E-state index in [1.54, 1.807) is 0 Å². The molecule has 0 unspecified atom stereocenters. The zero-order valence-electron chi connectivity index (χ0n) is 4.32. The zero-order chi connectivity index (χ0) is 5.98. The van der Waals surface area contributed by atoms with Crippen molar-refractivity contribution >= 4 is 0 Å². The fraction of sp³-hybridized carbons (Fsp3) is 0.333. The lowest BCUT2D eigenvalue weighted by atomic mass is 10.1. The molecule has 0 atom stereocenters. The van der Waals surface area contributed by atoms with Crippen molar-refractivity contribution in [3.8, 4) is 0 Å². The van der Waals surface area contributed by atoms with Crippen molar-refractivity contribution in [3.63, 3.8) is 0 Å². The Morgan fingerprint density at radius 2 is 1.62 bits per heavy atom. The highest BCUT2D eigenvalue weighted by Gasteiger charge is 2.02. The van der Waals surface area contributed by atoms with Gasteiger partial charge in [0.05, 0.1) is 6.10 Å². The van der Waals surface area contributed by atoms with Crippen LogP contribution in [0.15, 0.2) is 24.3 Å². The van der Waals surface area contributed by atoms with Gasteiger partial charge in [-0.15, -0.1) is 0 Å². The van der Waals surface area contributed by atoms with Crippen LogP contribution in [0.25, 0.3) is 0 Å². The lowest BCUT2D eigenvalue weighted by molar-refractivity contribution is 0.162. The number of aliphatic hydroxyl groups is 1. The van der Waals surface area contributed by atoms with Gasteiger partial charge in [-0.05, 0) is 12.2 Å². The molecule has 1 radical (unpaired) electrons. The molecular weight excluding hydrogens is 104 g/mol. The molecule has 1 aliphatic rings. The maximum absolute atomic E-state index is 10.4. The van der Waals surface area contributed by atoms with Gasteiger partial charge in [0.25, 0.3) is 0 Å². The molecular formula is C6H7O2. The quantitative estimate of drug-likeness (QED) is 0.448. The summed E-state index contributed by atoms with van der Waals surface area (Å²) in [4.78, 5) is 0. The van der Waals surface area contributed by atoms with Gasteiger partial charge >= 0.3 is 0 Å². The predicted octanol–water partition coefficient (Wildman–Crippen LogP) is 0.272. The third kappa shape index (κ3) is 1.18. The Bertz CT molecular complexity index is 98.5. The lowest BCUT2D eigenvalue weighted by Crippen LogP contribution is -2.06. The monoisotopic (exact) mass is 111 g/mol. The van der Waals surface area contributed by atoms with Crippen molar-refractivity contribution in [1.82, 2.24) is 0 Å². The van der Waals surface area contributed by atoms with Gasteiger partial charge in [-0.25, -0.2) is 5.11 Å². The SMILES string of the molecule is [O]C1C=CC(O)C=C1. The zero-order valence-corrected chi connectivity index (χ0v) is 4.32. The van der Waals surface area contributed by atoms with Gasteiger partial charge in [0.1, 0.15) is 6.10 Å².